The number of aromatic nitrogens is 1. The topological polar surface area (TPSA) is 105 Å². The number of piperazine rings is 1. The standard InChI is InChI=1S/C28H34ClFN4O6/c1-27(2,3)40-26(37)32-9-10-34-16(13-32)14-38-23-20(25(34)36)24(33-11-12-39-28(4,5)15-33)31-22(21(23)29)19-17(30)7-6-8-18(19)35/h6-8,16,35H,9-15H2,1-5H3/t16-/m1/s1. The zero-order chi connectivity index (χ0) is 29.0. The fourth-order valence-electron chi connectivity index (χ4n) is 5.28. The Hall–Kier alpha value is -3.31. The van der Waals surface area contributed by atoms with Gasteiger partial charge in [0.2, 0.25) is 0 Å². The summed E-state index contributed by atoms with van der Waals surface area (Å²) in [5.41, 5.74) is -1.25. The molecule has 0 aliphatic carbocycles. The van der Waals surface area contributed by atoms with Crippen LogP contribution < -0.4 is 9.64 Å². The van der Waals surface area contributed by atoms with E-state index in [-0.39, 0.29) is 71.3 Å². The summed E-state index contributed by atoms with van der Waals surface area (Å²) in [6, 6.07) is 3.45. The molecule has 0 saturated carbocycles. The van der Waals surface area contributed by atoms with Crippen LogP contribution in [0.2, 0.25) is 5.02 Å². The fourth-order valence-corrected chi connectivity index (χ4v) is 5.56. The van der Waals surface area contributed by atoms with E-state index in [9.17, 15) is 14.7 Å². The number of carbonyl (C=O) groups excluding carboxylic acids is 2. The molecule has 3 aliphatic rings. The molecule has 2 amide bonds. The van der Waals surface area contributed by atoms with Crippen LogP contribution in [0.15, 0.2) is 18.2 Å². The lowest BCUT2D eigenvalue weighted by Crippen LogP contribution is -2.58. The van der Waals surface area contributed by atoms with Crippen molar-refractivity contribution in [3.05, 3.63) is 34.6 Å². The first-order valence-electron chi connectivity index (χ1n) is 13.3. The molecule has 10 nitrogen and oxygen atoms in total. The Balaban J connectivity index is 1.59. The van der Waals surface area contributed by atoms with Gasteiger partial charge in [-0.1, -0.05) is 17.7 Å². The highest BCUT2D eigenvalue weighted by Gasteiger charge is 2.42. The number of anilines is 1. The zero-order valence-electron chi connectivity index (χ0n) is 23.3. The smallest absolute Gasteiger partial charge is 0.410 e. The van der Waals surface area contributed by atoms with Gasteiger partial charge in [-0.05, 0) is 46.8 Å². The van der Waals surface area contributed by atoms with Gasteiger partial charge < -0.3 is 34.0 Å². The number of halogens is 2. The second-order valence-corrected chi connectivity index (χ2v) is 12.2. The van der Waals surface area contributed by atoms with E-state index in [1.54, 1.807) is 30.6 Å². The predicted octanol–water partition coefficient (Wildman–Crippen LogP) is 4.32. The normalized spacial score (nSPS) is 20.8. The molecule has 1 N–H and O–H groups in total. The van der Waals surface area contributed by atoms with Crippen LogP contribution in [0.1, 0.15) is 45.0 Å². The molecule has 2 aromatic rings. The first kappa shape index (κ1) is 28.2. The first-order valence-corrected chi connectivity index (χ1v) is 13.7. The molecule has 1 aromatic heterocycles. The molecule has 2 saturated heterocycles. The van der Waals surface area contributed by atoms with Crippen molar-refractivity contribution in [3.63, 3.8) is 0 Å². The molecule has 12 heteroatoms. The maximum Gasteiger partial charge on any atom is 0.410 e. The van der Waals surface area contributed by atoms with Gasteiger partial charge in [0.1, 0.15) is 45.9 Å². The molecule has 2 fully saturated rings. The number of fused-ring (bicyclic) bond motifs is 2. The third-order valence-corrected chi connectivity index (χ3v) is 7.41. The minimum atomic E-state index is -0.715. The fraction of sp³-hybridized carbons (Fsp3) is 0.536. The highest BCUT2D eigenvalue weighted by atomic mass is 35.5. The molecule has 0 spiro atoms. The van der Waals surface area contributed by atoms with E-state index in [0.29, 0.717) is 19.7 Å². The van der Waals surface area contributed by atoms with Gasteiger partial charge in [0.15, 0.2) is 5.75 Å². The summed E-state index contributed by atoms with van der Waals surface area (Å²) < 4.78 is 32.6. The average molecular weight is 577 g/mol. The average Bonchev–Trinajstić information content (AvgIpc) is 3.00. The third-order valence-electron chi connectivity index (χ3n) is 7.06. The molecule has 5 rings (SSSR count). The maximum absolute atomic E-state index is 15.0. The lowest BCUT2D eigenvalue weighted by Gasteiger charge is -2.41. The molecular weight excluding hydrogens is 543 g/mol. The van der Waals surface area contributed by atoms with E-state index >= 15 is 4.39 Å². The number of pyridine rings is 1. The molecule has 0 unspecified atom stereocenters. The van der Waals surface area contributed by atoms with Gasteiger partial charge in [-0.3, -0.25) is 4.79 Å². The molecule has 40 heavy (non-hydrogen) atoms. The van der Waals surface area contributed by atoms with Gasteiger partial charge >= 0.3 is 6.09 Å². The Bertz CT molecular complexity index is 1330. The summed E-state index contributed by atoms with van der Waals surface area (Å²) in [5.74, 6) is -1.06. The first-order chi connectivity index (χ1) is 18.8. The zero-order valence-corrected chi connectivity index (χ0v) is 24.0. The van der Waals surface area contributed by atoms with Crippen LogP contribution in [0.4, 0.5) is 15.0 Å². The van der Waals surface area contributed by atoms with Gasteiger partial charge in [0, 0.05) is 32.7 Å². The van der Waals surface area contributed by atoms with Crippen LogP contribution in [0.25, 0.3) is 11.3 Å². The van der Waals surface area contributed by atoms with Crippen molar-refractivity contribution >= 4 is 29.4 Å². The Morgan fingerprint density at radius 1 is 1.23 bits per heavy atom. The van der Waals surface area contributed by atoms with Crippen molar-refractivity contribution in [3.8, 4) is 22.8 Å². The second-order valence-electron chi connectivity index (χ2n) is 11.9. The quantitative estimate of drug-likeness (QED) is 0.564. The molecule has 4 heterocycles. The summed E-state index contributed by atoms with van der Waals surface area (Å²) in [6.07, 6.45) is -0.463. The SMILES string of the molecule is CC(C)(C)OC(=O)N1CCN2C(=O)c3c(N4CCOC(C)(C)C4)nc(-c4c(O)cccc4F)c(Cl)c3OC[C@H]2C1. The Kier molecular flexibility index (Phi) is 7.24. The van der Waals surface area contributed by atoms with E-state index < -0.39 is 29.2 Å². The number of nitrogens with zero attached hydrogens (tertiary/aromatic N) is 4. The number of aromatic hydroxyl groups is 1. The molecule has 1 atom stereocenters. The Morgan fingerprint density at radius 3 is 2.65 bits per heavy atom. The number of phenols is 1. The number of phenolic OH excluding ortho intramolecular Hbond substituents is 1. The second kappa shape index (κ2) is 10.3. The van der Waals surface area contributed by atoms with Crippen LogP contribution in [0, 0.1) is 5.82 Å². The van der Waals surface area contributed by atoms with E-state index in [0.717, 1.165) is 0 Å². The number of carbonyl (C=O) groups is 2. The molecule has 216 valence electrons. The summed E-state index contributed by atoms with van der Waals surface area (Å²) >= 11 is 6.80. The number of rotatable bonds is 2. The van der Waals surface area contributed by atoms with Crippen molar-refractivity contribution in [2.45, 2.75) is 51.9 Å². The summed E-state index contributed by atoms with van der Waals surface area (Å²) in [4.78, 5) is 36.8. The number of hydrogen-bond donors (Lipinski definition) is 1. The lowest BCUT2D eigenvalue weighted by atomic mass is 10.0. The molecule has 3 aliphatic heterocycles. The largest absolute Gasteiger partial charge is 0.507 e. The highest BCUT2D eigenvalue weighted by molar-refractivity contribution is 6.35. The number of ether oxygens (including phenoxy) is 3. The summed E-state index contributed by atoms with van der Waals surface area (Å²) in [5, 5.41) is 10.5. The maximum atomic E-state index is 15.0. The van der Waals surface area contributed by atoms with Gasteiger partial charge in [-0.15, -0.1) is 0 Å². The minimum Gasteiger partial charge on any atom is -0.507 e. The van der Waals surface area contributed by atoms with E-state index in [1.165, 1.54) is 18.2 Å². The van der Waals surface area contributed by atoms with Crippen LogP contribution in [0.3, 0.4) is 0 Å². The van der Waals surface area contributed by atoms with E-state index in [2.05, 4.69) is 0 Å². The number of benzene rings is 1. The van der Waals surface area contributed by atoms with Gasteiger partial charge in [0.05, 0.1) is 23.8 Å². The van der Waals surface area contributed by atoms with Gasteiger partial charge in [0.25, 0.3) is 5.91 Å². The number of hydrogen-bond acceptors (Lipinski definition) is 8. The van der Waals surface area contributed by atoms with Crippen LogP contribution in [0.5, 0.6) is 11.5 Å². The van der Waals surface area contributed by atoms with Crippen molar-refractivity contribution in [1.29, 1.82) is 0 Å². The minimum absolute atomic E-state index is 0.0293. The number of amides is 2. The van der Waals surface area contributed by atoms with E-state index in [4.69, 9.17) is 30.8 Å². The van der Waals surface area contributed by atoms with Gasteiger partial charge in [-0.25, -0.2) is 14.2 Å². The third kappa shape index (κ3) is 5.36. The molecule has 1 aromatic carbocycles. The van der Waals surface area contributed by atoms with Crippen molar-refractivity contribution in [1.82, 2.24) is 14.8 Å². The van der Waals surface area contributed by atoms with Crippen molar-refractivity contribution in [2.75, 3.05) is 50.8 Å². The van der Waals surface area contributed by atoms with Crippen LogP contribution in [-0.2, 0) is 9.47 Å². The lowest BCUT2D eigenvalue weighted by molar-refractivity contribution is -0.0279. The van der Waals surface area contributed by atoms with E-state index in [1.807, 2.05) is 18.7 Å². The highest BCUT2D eigenvalue weighted by Crippen LogP contribution is 2.46. The van der Waals surface area contributed by atoms with Crippen LogP contribution in [-0.4, -0.2) is 95.1 Å². The Labute approximate surface area is 237 Å². The molecule has 0 radical (unpaired) electrons. The molecular formula is C28H34ClFN4O6. The van der Waals surface area contributed by atoms with Crippen molar-refractivity contribution in [2.24, 2.45) is 0 Å². The monoisotopic (exact) mass is 576 g/mol. The molecule has 0 bridgehead atoms. The number of morpholine rings is 1. The predicted molar refractivity (Wildman–Crippen MR) is 147 cm³/mol. The Morgan fingerprint density at radius 2 is 1.98 bits per heavy atom. The van der Waals surface area contributed by atoms with Crippen LogP contribution >= 0.6 is 11.6 Å². The summed E-state index contributed by atoms with van der Waals surface area (Å²) in [7, 11) is 0. The van der Waals surface area contributed by atoms with Gasteiger partial charge in [-0.2, -0.15) is 0 Å². The van der Waals surface area contributed by atoms with Crippen molar-refractivity contribution < 1.29 is 33.3 Å². The summed E-state index contributed by atoms with van der Waals surface area (Å²) in [6.45, 7) is 11.3.